The zero-order valence-electron chi connectivity index (χ0n) is 22.0. The third-order valence-electron chi connectivity index (χ3n) is 7.03. The lowest BCUT2D eigenvalue weighted by molar-refractivity contribution is -0.118. The summed E-state index contributed by atoms with van der Waals surface area (Å²) in [6.07, 6.45) is 16.3. The Balaban J connectivity index is 0.000000317. The van der Waals surface area contributed by atoms with E-state index in [1.165, 1.54) is 24.7 Å². The Bertz CT molecular complexity index is 1430. The van der Waals surface area contributed by atoms with Crippen molar-refractivity contribution in [2.45, 2.75) is 51.5 Å². The van der Waals surface area contributed by atoms with Crippen LogP contribution in [0.1, 0.15) is 51.0 Å². The van der Waals surface area contributed by atoms with Gasteiger partial charge in [0.2, 0.25) is 6.41 Å². The minimum atomic E-state index is -0.182. The Hall–Kier alpha value is -4.38. The van der Waals surface area contributed by atoms with Gasteiger partial charge in [0.05, 0.1) is 17.1 Å². The van der Waals surface area contributed by atoms with Crippen LogP contribution in [-0.4, -0.2) is 44.3 Å². The number of hydrogen-bond donors (Lipinski definition) is 2. The number of nitrogens with one attached hydrogen (secondary N) is 1. The number of rotatable bonds is 5. The van der Waals surface area contributed by atoms with Crippen LogP contribution < -0.4 is 11.1 Å². The smallest absolute Gasteiger partial charge is 0.250 e. The minimum Gasteiger partial charge on any atom is -0.383 e. The summed E-state index contributed by atoms with van der Waals surface area (Å²) in [5, 5.41) is 3.76. The summed E-state index contributed by atoms with van der Waals surface area (Å²) in [7, 11) is 2.01. The number of likely N-dealkylation sites (tertiary alicyclic amines) is 1. The van der Waals surface area contributed by atoms with E-state index in [0.717, 1.165) is 72.2 Å². The molecule has 0 bridgehead atoms. The first-order valence-corrected chi connectivity index (χ1v) is 12.9. The number of benzene rings is 1. The molecule has 3 N–H and O–H groups in total. The second kappa shape index (κ2) is 11.8. The lowest BCUT2D eigenvalue weighted by Gasteiger charge is -2.16. The van der Waals surface area contributed by atoms with Gasteiger partial charge in [0.15, 0.2) is 0 Å². The molecule has 5 rings (SSSR count). The summed E-state index contributed by atoms with van der Waals surface area (Å²) in [6, 6.07) is 7.91. The van der Waals surface area contributed by atoms with Gasteiger partial charge in [-0.15, -0.1) is 6.42 Å². The molecule has 1 saturated heterocycles. The Kier molecular flexibility index (Phi) is 8.27. The van der Waals surface area contributed by atoms with Gasteiger partial charge in [-0.05, 0) is 68.7 Å². The SMILES string of the molecule is C#CC1CCCN1C=O.C=C(C)C(=O)Nc1ccc(-c2c(C3=CCCCC3)c3c(N)ncnc3n2C)cc1. The first-order valence-electron chi connectivity index (χ1n) is 12.9. The van der Waals surface area contributed by atoms with Crippen LogP contribution >= 0.6 is 0 Å². The van der Waals surface area contributed by atoms with E-state index in [9.17, 15) is 9.59 Å². The number of hydrogen-bond acceptors (Lipinski definition) is 5. The van der Waals surface area contributed by atoms with Crippen molar-refractivity contribution in [3.63, 3.8) is 0 Å². The highest BCUT2D eigenvalue weighted by atomic mass is 16.1. The van der Waals surface area contributed by atoms with Crippen molar-refractivity contribution in [1.82, 2.24) is 19.4 Å². The van der Waals surface area contributed by atoms with Crippen molar-refractivity contribution in [3.8, 4) is 23.6 Å². The minimum absolute atomic E-state index is 0.0718. The molecule has 0 radical (unpaired) electrons. The predicted molar refractivity (Wildman–Crippen MR) is 153 cm³/mol. The molecule has 1 aliphatic heterocycles. The number of amides is 2. The van der Waals surface area contributed by atoms with Crippen LogP contribution in [0.2, 0.25) is 0 Å². The molecule has 3 aromatic rings. The second-order valence-corrected chi connectivity index (χ2v) is 9.70. The fourth-order valence-corrected chi connectivity index (χ4v) is 5.03. The van der Waals surface area contributed by atoms with Crippen LogP contribution in [-0.2, 0) is 16.6 Å². The predicted octanol–water partition coefficient (Wildman–Crippen LogP) is 4.93. The summed E-state index contributed by atoms with van der Waals surface area (Å²) in [5.41, 5.74) is 12.9. The van der Waals surface area contributed by atoms with Crippen LogP contribution in [0.15, 0.2) is 48.8 Å². The Labute approximate surface area is 223 Å². The molecule has 3 heterocycles. The molecule has 1 unspecified atom stereocenters. The number of carbonyl (C=O) groups excluding carboxylic acids is 2. The van der Waals surface area contributed by atoms with E-state index in [1.807, 2.05) is 31.3 Å². The van der Waals surface area contributed by atoms with E-state index in [2.05, 4.69) is 38.4 Å². The fraction of sp³-hybridized carbons (Fsp3) is 0.333. The lowest BCUT2D eigenvalue weighted by atomic mass is 9.90. The zero-order chi connectivity index (χ0) is 27.2. The van der Waals surface area contributed by atoms with Gasteiger partial charge in [-0.2, -0.15) is 0 Å². The molecule has 2 aliphatic rings. The molecule has 2 amide bonds. The molecular formula is C30H34N6O2. The van der Waals surface area contributed by atoms with E-state index in [0.29, 0.717) is 11.4 Å². The molecule has 1 aromatic carbocycles. The van der Waals surface area contributed by atoms with Crippen molar-refractivity contribution < 1.29 is 9.59 Å². The quantitative estimate of drug-likeness (QED) is 0.288. The summed E-state index contributed by atoms with van der Waals surface area (Å²) >= 11 is 0. The van der Waals surface area contributed by atoms with E-state index >= 15 is 0 Å². The molecule has 1 atom stereocenters. The van der Waals surface area contributed by atoms with E-state index in [1.54, 1.807) is 11.8 Å². The highest BCUT2D eigenvalue weighted by Gasteiger charge is 2.24. The highest BCUT2D eigenvalue weighted by Crippen LogP contribution is 2.42. The standard InChI is InChI=1S/C23H25N5O.C7H9NO/c1-14(2)23(29)27-17-11-9-16(10-12-17)20-18(15-7-5-4-6-8-15)19-21(24)25-13-26-22(19)28(20)3;1-2-7-4-3-5-8(7)6-9/h7,9-13H,1,4-6,8H2,2-3H3,(H,27,29)(H2,24,25,26);1,6-7H,3-5H2. The Morgan fingerprint density at radius 2 is 2.00 bits per heavy atom. The summed E-state index contributed by atoms with van der Waals surface area (Å²) < 4.78 is 2.08. The van der Waals surface area contributed by atoms with Crippen molar-refractivity contribution in [3.05, 3.63) is 54.4 Å². The van der Waals surface area contributed by atoms with Crippen molar-refractivity contribution in [2.75, 3.05) is 17.6 Å². The number of terminal acetylenes is 1. The molecule has 1 aliphatic carbocycles. The number of carbonyl (C=O) groups is 2. The van der Waals surface area contributed by atoms with Gasteiger partial charge in [0.25, 0.3) is 5.91 Å². The maximum Gasteiger partial charge on any atom is 0.250 e. The second-order valence-electron chi connectivity index (χ2n) is 9.70. The van der Waals surface area contributed by atoms with Gasteiger partial charge in [0, 0.05) is 30.4 Å². The molecule has 0 saturated carbocycles. The van der Waals surface area contributed by atoms with Crippen LogP contribution in [0.25, 0.3) is 27.9 Å². The lowest BCUT2D eigenvalue weighted by Crippen LogP contribution is -2.25. The monoisotopic (exact) mass is 510 g/mol. The molecular weight excluding hydrogens is 476 g/mol. The molecule has 8 heteroatoms. The summed E-state index contributed by atoms with van der Waals surface area (Å²) in [6.45, 7) is 6.20. The molecule has 8 nitrogen and oxygen atoms in total. The van der Waals surface area contributed by atoms with Crippen molar-refractivity contribution >= 4 is 40.4 Å². The number of fused-ring (bicyclic) bond motifs is 1. The van der Waals surface area contributed by atoms with Gasteiger partial charge in [0.1, 0.15) is 17.8 Å². The van der Waals surface area contributed by atoms with Crippen LogP contribution in [0.4, 0.5) is 11.5 Å². The molecule has 38 heavy (non-hydrogen) atoms. The topological polar surface area (TPSA) is 106 Å². The summed E-state index contributed by atoms with van der Waals surface area (Å²) in [4.78, 5) is 32.5. The Morgan fingerprint density at radius 3 is 2.61 bits per heavy atom. The van der Waals surface area contributed by atoms with Gasteiger partial charge >= 0.3 is 0 Å². The average molecular weight is 511 g/mol. The number of nitrogens with two attached hydrogens (primary N) is 1. The van der Waals surface area contributed by atoms with Crippen LogP contribution in [0, 0.1) is 12.3 Å². The highest BCUT2D eigenvalue weighted by molar-refractivity contribution is 6.05. The van der Waals surface area contributed by atoms with Gasteiger partial charge in [-0.25, -0.2) is 9.97 Å². The summed E-state index contributed by atoms with van der Waals surface area (Å²) in [5.74, 6) is 2.88. The van der Waals surface area contributed by atoms with Crippen LogP contribution in [0.5, 0.6) is 0 Å². The molecule has 0 spiro atoms. The number of aryl methyl sites for hydroxylation is 1. The van der Waals surface area contributed by atoms with Crippen LogP contribution in [0.3, 0.4) is 0 Å². The first-order chi connectivity index (χ1) is 18.3. The third kappa shape index (κ3) is 5.47. The zero-order valence-corrected chi connectivity index (χ0v) is 22.0. The molecule has 196 valence electrons. The van der Waals surface area contributed by atoms with Crippen molar-refractivity contribution in [2.24, 2.45) is 7.05 Å². The van der Waals surface area contributed by atoms with E-state index in [4.69, 9.17) is 12.2 Å². The van der Waals surface area contributed by atoms with E-state index in [-0.39, 0.29) is 11.9 Å². The number of nitrogens with zero attached hydrogens (tertiary/aromatic N) is 4. The maximum absolute atomic E-state index is 11.9. The Morgan fingerprint density at radius 1 is 1.24 bits per heavy atom. The number of anilines is 2. The van der Waals surface area contributed by atoms with Gasteiger partial charge in [-0.3, -0.25) is 9.59 Å². The first kappa shape index (κ1) is 26.7. The fourth-order valence-electron chi connectivity index (χ4n) is 5.03. The van der Waals surface area contributed by atoms with E-state index < -0.39 is 0 Å². The molecule has 2 aromatic heterocycles. The molecule has 1 fully saturated rings. The maximum atomic E-state index is 11.9. The van der Waals surface area contributed by atoms with Gasteiger partial charge < -0.3 is 20.5 Å². The largest absolute Gasteiger partial charge is 0.383 e. The number of nitrogen functional groups attached to an aromatic ring is 1. The third-order valence-corrected chi connectivity index (χ3v) is 7.03. The average Bonchev–Trinajstić information content (AvgIpc) is 3.52. The number of allylic oxidation sites excluding steroid dienone is 2. The normalized spacial score (nSPS) is 16.7. The van der Waals surface area contributed by atoms with Gasteiger partial charge in [-0.1, -0.05) is 30.7 Å². The van der Waals surface area contributed by atoms with Crippen molar-refractivity contribution in [1.29, 1.82) is 0 Å². The number of aromatic nitrogens is 3.